The lowest BCUT2D eigenvalue weighted by molar-refractivity contribution is -0.122. The summed E-state index contributed by atoms with van der Waals surface area (Å²) in [7, 11) is 0. The SMILES string of the molecule is CCn1nc(C)c2c1c(=O)n(Cc1ccc(F)cc1)c(=O)n2CC(=O)N[C@@H](C)CCc1ccccc1. The minimum Gasteiger partial charge on any atom is -0.352 e. The molecule has 0 radical (unpaired) electrons. The average Bonchev–Trinajstić information content (AvgIpc) is 3.21. The molecule has 2 aromatic carbocycles. The van der Waals surface area contributed by atoms with E-state index < -0.39 is 17.1 Å². The predicted molar refractivity (Wildman–Crippen MR) is 137 cm³/mol. The molecule has 0 fully saturated rings. The van der Waals surface area contributed by atoms with Gasteiger partial charge in [-0.3, -0.25) is 23.4 Å². The van der Waals surface area contributed by atoms with Gasteiger partial charge in [-0.2, -0.15) is 5.10 Å². The number of halogens is 1. The van der Waals surface area contributed by atoms with Gasteiger partial charge in [-0.15, -0.1) is 0 Å². The molecule has 4 rings (SSSR count). The van der Waals surface area contributed by atoms with Crippen LogP contribution in [0.15, 0.2) is 64.2 Å². The summed E-state index contributed by atoms with van der Waals surface area (Å²) < 4.78 is 17.3. The Balaban J connectivity index is 1.64. The van der Waals surface area contributed by atoms with E-state index in [4.69, 9.17) is 0 Å². The van der Waals surface area contributed by atoms with Gasteiger partial charge in [-0.1, -0.05) is 42.5 Å². The Kier molecular flexibility index (Phi) is 7.47. The number of benzene rings is 2. The highest BCUT2D eigenvalue weighted by molar-refractivity contribution is 5.81. The average molecular weight is 492 g/mol. The van der Waals surface area contributed by atoms with Crippen molar-refractivity contribution >= 4 is 16.9 Å². The molecule has 0 aliphatic rings. The molecular weight excluding hydrogens is 461 g/mol. The zero-order valence-electron chi connectivity index (χ0n) is 20.7. The zero-order chi connectivity index (χ0) is 25.8. The van der Waals surface area contributed by atoms with Crippen LogP contribution in [0.4, 0.5) is 4.39 Å². The van der Waals surface area contributed by atoms with Crippen molar-refractivity contribution in [1.82, 2.24) is 24.2 Å². The maximum atomic E-state index is 13.5. The number of nitrogens with zero attached hydrogens (tertiary/aromatic N) is 4. The smallest absolute Gasteiger partial charge is 0.332 e. The van der Waals surface area contributed by atoms with Crippen LogP contribution in [0, 0.1) is 12.7 Å². The van der Waals surface area contributed by atoms with Crippen LogP contribution < -0.4 is 16.6 Å². The normalized spacial score (nSPS) is 12.1. The molecule has 0 spiro atoms. The molecule has 188 valence electrons. The molecule has 1 atom stereocenters. The van der Waals surface area contributed by atoms with Crippen molar-refractivity contribution in [2.75, 3.05) is 0 Å². The molecule has 1 N–H and O–H groups in total. The largest absolute Gasteiger partial charge is 0.352 e. The third kappa shape index (κ3) is 5.30. The Labute approximate surface area is 208 Å². The molecular formula is C27H30FN5O3. The Bertz CT molecular complexity index is 1490. The summed E-state index contributed by atoms with van der Waals surface area (Å²) in [6.45, 7) is 5.63. The molecule has 0 aliphatic carbocycles. The van der Waals surface area contributed by atoms with Crippen LogP contribution in [0.2, 0.25) is 0 Å². The minimum absolute atomic E-state index is 0.0447. The zero-order valence-corrected chi connectivity index (χ0v) is 20.7. The lowest BCUT2D eigenvalue weighted by atomic mass is 10.1. The Morgan fingerprint density at radius 1 is 1.00 bits per heavy atom. The van der Waals surface area contributed by atoms with E-state index >= 15 is 0 Å². The molecule has 0 saturated heterocycles. The van der Waals surface area contributed by atoms with Crippen LogP contribution in [-0.2, 0) is 30.8 Å². The van der Waals surface area contributed by atoms with Crippen molar-refractivity contribution < 1.29 is 9.18 Å². The third-order valence-electron chi connectivity index (χ3n) is 6.25. The summed E-state index contributed by atoms with van der Waals surface area (Å²) in [5, 5.41) is 7.39. The van der Waals surface area contributed by atoms with E-state index in [-0.39, 0.29) is 30.6 Å². The maximum absolute atomic E-state index is 13.5. The molecule has 2 aromatic heterocycles. The van der Waals surface area contributed by atoms with Crippen LogP contribution in [0.1, 0.15) is 37.1 Å². The van der Waals surface area contributed by atoms with Gasteiger partial charge in [0, 0.05) is 12.6 Å². The Hall–Kier alpha value is -4.01. The van der Waals surface area contributed by atoms with Gasteiger partial charge >= 0.3 is 5.69 Å². The highest BCUT2D eigenvalue weighted by Gasteiger charge is 2.22. The highest BCUT2D eigenvalue weighted by Crippen LogP contribution is 2.14. The summed E-state index contributed by atoms with van der Waals surface area (Å²) in [5.74, 6) is -0.730. The van der Waals surface area contributed by atoms with Crippen molar-refractivity contribution in [3.05, 3.63) is 98.1 Å². The first-order chi connectivity index (χ1) is 17.3. The maximum Gasteiger partial charge on any atom is 0.332 e. The van der Waals surface area contributed by atoms with E-state index in [1.165, 1.54) is 34.4 Å². The van der Waals surface area contributed by atoms with Gasteiger partial charge in [-0.25, -0.2) is 9.18 Å². The summed E-state index contributed by atoms with van der Waals surface area (Å²) in [5.41, 5.74) is 1.81. The monoisotopic (exact) mass is 491 g/mol. The number of nitrogens with one attached hydrogen (secondary N) is 1. The van der Waals surface area contributed by atoms with Gasteiger partial charge in [0.05, 0.1) is 12.2 Å². The minimum atomic E-state index is -0.609. The van der Waals surface area contributed by atoms with Gasteiger partial charge in [0.2, 0.25) is 5.91 Å². The fourth-order valence-corrected chi connectivity index (χ4v) is 4.41. The van der Waals surface area contributed by atoms with Crippen LogP contribution in [0.3, 0.4) is 0 Å². The van der Waals surface area contributed by atoms with E-state index in [9.17, 15) is 18.8 Å². The van der Waals surface area contributed by atoms with Gasteiger partial charge in [-0.05, 0) is 56.9 Å². The molecule has 0 unspecified atom stereocenters. The van der Waals surface area contributed by atoms with E-state index in [1.54, 1.807) is 11.6 Å². The standard InChI is InChI=1S/C27H30FN5O3/c1-4-33-25-24(19(3)30-33)31(17-23(34)29-18(2)10-11-20-8-6-5-7-9-20)27(36)32(26(25)35)16-21-12-14-22(28)15-13-21/h5-9,12-15,18H,4,10-11,16-17H2,1-3H3,(H,29,34)/t18-/m0/s1. The molecule has 36 heavy (non-hydrogen) atoms. The number of amides is 1. The number of rotatable bonds is 9. The quantitative estimate of drug-likeness (QED) is 0.390. The predicted octanol–water partition coefficient (Wildman–Crippen LogP) is 3.01. The van der Waals surface area contributed by atoms with E-state index in [0.29, 0.717) is 23.3 Å². The molecule has 2 heterocycles. The fourth-order valence-electron chi connectivity index (χ4n) is 4.41. The van der Waals surface area contributed by atoms with Gasteiger partial charge < -0.3 is 5.32 Å². The first-order valence-electron chi connectivity index (χ1n) is 12.1. The molecule has 0 saturated carbocycles. The van der Waals surface area contributed by atoms with Crippen molar-refractivity contribution in [3.63, 3.8) is 0 Å². The number of hydrogen-bond donors (Lipinski definition) is 1. The van der Waals surface area contributed by atoms with Gasteiger partial charge in [0.25, 0.3) is 5.56 Å². The summed E-state index contributed by atoms with van der Waals surface area (Å²) in [6.07, 6.45) is 1.56. The molecule has 9 heteroatoms. The van der Waals surface area contributed by atoms with Gasteiger partial charge in [0.15, 0.2) is 5.52 Å². The lowest BCUT2D eigenvalue weighted by Gasteiger charge is -2.16. The molecule has 4 aromatic rings. The van der Waals surface area contributed by atoms with Crippen molar-refractivity contribution in [1.29, 1.82) is 0 Å². The Morgan fingerprint density at radius 2 is 1.69 bits per heavy atom. The molecule has 0 aliphatic heterocycles. The number of fused-ring (bicyclic) bond motifs is 1. The third-order valence-corrected chi connectivity index (χ3v) is 6.25. The summed E-state index contributed by atoms with van der Waals surface area (Å²) >= 11 is 0. The van der Waals surface area contributed by atoms with Crippen molar-refractivity contribution in [2.24, 2.45) is 0 Å². The van der Waals surface area contributed by atoms with E-state index in [2.05, 4.69) is 10.4 Å². The van der Waals surface area contributed by atoms with Crippen LogP contribution >= 0.6 is 0 Å². The molecule has 1 amide bonds. The van der Waals surface area contributed by atoms with Crippen molar-refractivity contribution in [3.8, 4) is 0 Å². The first-order valence-corrected chi connectivity index (χ1v) is 12.1. The van der Waals surface area contributed by atoms with Crippen LogP contribution in [0.25, 0.3) is 11.0 Å². The number of aromatic nitrogens is 4. The van der Waals surface area contributed by atoms with Crippen molar-refractivity contribution in [2.45, 2.75) is 59.3 Å². The fraction of sp³-hybridized carbons (Fsp3) is 0.333. The second-order valence-electron chi connectivity index (χ2n) is 8.98. The Morgan fingerprint density at radius 3 is 2.36 bits per heavy atom. The number of hydrogen-bond acceptors (Lipinski definition) is 4. The molecule has 0 bridgehead atoms. The first kappa shape index (κ1) is 25.1. The van der Waals surface area contributed by atoms with Crippen LogP contribution in [-0.4, -0.2) is 30.9 Å². The number of carbonyl (C=O) groups excluding carboxylic acids is 1. The molecule has 8 nitrogen and oxygen atoms in total. The second kappa shape index (κ2) is 10.7. The lowest BCUT2D eigenvalue weighted by Crippen LogP contribution is -2.44. The highest BCUT2D eigenvalue weighted by atomic mass is 19.1. The second-order valence-corrected chi connectivity index (χ2v) is 8.98. The number of aryl methyl sites for hydroxylation is 3. The van der Waals surface area contributed by atoms with E-state index in [0.717, 1.165) is 17.4 Å². The van der Waals surface area contributed by atoms with Gasteiger partial charge in [0.1, 0.15) is 17.9 Å². The summed E-state index contributed by atoms with van der Waals surface area (Å²) in [6, 6.07) is 15.5. The van der Waals surface area contributed by atoms with Crippen LogP contribution in [0.5, 0.6) is 0 Å². The topological polar surface area (TPSA) is 90.9 Å². The number of carbonyl (C=O) groups is 1. The van der Waals surface area contributed by atoms with E-state index in [1.807, 2.05) is 44.2 Å². The summed E-state index contributed by atoms with van der Waals surface area (Å²) in [4.78, 5) is 39.8.